The summed E-state index contributed by atoms with van der Waals surface area (Å²) in [5.41, 5.74) is 2.61. The summed E-state index contributed by atoms with van der Waals surface area (Å²) in [4.78, 5) is 28.7. The number of hydrogen-bond donors (Lipinski definition) is 1. The maximum Gasteiger partial charge on any atom is 0.341 e. The molecule has 0 saturated heterocycles. The number of esters is 1. The topological polar surface area (TPSA) is 77.5 Å². The van der Waals surface area contributed by atoms with Crippen LogP contribution in [0.25, 0.3) is 0 Å². The minimum Gasteiger partial charge on any atom is -0.496 e. The standard InChI is InChI=1S/C21H20N2O4S/c1-26-18-9-8-15(10-16(18)21(25)27-2)12-22-20(24)17-13-28-19(23-17)11-14-6-4-3-5-7-14/h3-10,13H,11-12H2,1-2H3,(H,22,24). The van der Waals surface area contributed by atoms with Gasteiger partial charge in [0.05, 0.1) is 19.2 Å². The average Bonchev–Trinajstić information content (AvgIpc) is 3.20. The predicted molar refractivity (Wildman–Crippen MR) is 107 cm³/mol. The van der Waals surface area contributed by atoms with Gasteiger partial charge in [0.2, 0.25) is 0 Å². The van der Waals surface area contributed by atoms with Gasteiger partial charge < -0.3 is 14.8 Å². The van der Waals surface area contributed by atoms with Crippen molar-refractivity contribution in [3.8, 4) is 5.75 Å². The van der Waals surface area contributed by atoms with Crippen molar-refractivity contribution in [3.05, 3.63) is 81.3 Å². The second kappa shape index (κ2) is 9.14. The molecule has 0 unspecified atom stereocenters. The molecule has 0 saturated carbocycles. The van der Waals surface area contributed by atoms with Crippen LogP contribution in [-0.4, -0.2) is 31.1 Å². The summed E-state index contributed by atoms with van der Waals surface area (Å²) in [6, 6.07) is 15.1. The second-order valence-electron chi connectivity index (χ2n) is 6.00. The molecule has 0 aliphatic heterocycles. The largest absolute Gasteiger partial charge is 0.496 e. The summed E-state index contributed by atoms with van der Waals surface area (Å²) < 4.78 is 9.94. The summed E-state index contributed by atoms with van der Waals surface area (Å²) in [7, 11) is 2.80. The minimum absolute atomic E-state index is 0.258. The number of nitrogens with one attached hydrogen (secondary N) is 1. The van der Waals surface area contributed by atoms with E-state index in [4.69, 9.17) is 9.47 Å². The Kier molecular flexibility index (Phi) is 6.39. The Labute approximate surface area is 167 Å². The van der Waals surface area contributed by atoms with E-state index in [1.54, 1.807) is 23.6 Å². The third-order valence-corrected chi connectivity index (χ3v) is 4.95. The number of benzene rings is 2. The molecule has 1 N–H and O–H groups in total. The summed E-state index contributed by atoms with van der Waals surface area (Å²) in [5.74, 6) is -0.326. The Morgan fingerprint density at radius 2 is 1.86 bits per heavy atom. The van der Waals surface area contributed by atoms with Gasteiger partial charge in [-0.2, -0.15) is 0 Å². The van der Waals surface area contributed by atoms with E-state index in [-0.39, 0.29) is 12.5 Å². The van der Waals surface area contributed by atoms with E-state index in [0.717, 1.165) is 16.1 Å². The molecule has 1 aromatic heterocycles. The van der Waals surface area contributed by atoms with Gasteiger partial charge in [-0.05, 0) is 23.3 Å². The van der Waals surface area contributed by atoms with Gasteiger partial charge in [0.15, 0.2) is 0 Å². The molecule has 3 rings (SSSR count). The fourth-order valence-electron chi connectivity index (χ4n) is 2.67. The monoisotopic (exact) mass is 396 g/mol. The molecule has 0 bridgehead atoms. The zero-order valence-electron chi connectivity index (χ0n) is 15.6. The number of methoxy groups -OCH3 is 2. The smallest absolute Gasteiger partial charge is 0.341 e. The van der Waals surface area contributed by atoms with E-state index in [2.05, 4.69) is 10.3 Å². The van der Waals surface area contributed by atoms with Gasteiger partial charge in [-0.1, -0.05) is 36.4 Å². The molecule has 1 amide bonds. The van der Waals surface area contributed by atoms with Gasteiger partial charge in [0.1, 0.15) is 17.0 Å². The van der Waals surface area contributed by atoms with Gasteiger partial charge in [0, 0.05) is 18.3 Å². The fourth-order valence-corrected chi connectivity index (χ4v) is 3.48. The number of carbonyl (C=O) groups is 2. The lowest BCUT2D eigenvalue weighted by Gasteiger charge is -2.09. The molecule has 144 valence electrons. The fraction of sp³-hybridized carbons (Fsp3) is 0.190. The van der Waals surface area contributed by atoms with Crippen molar-refractivity contribution in [2.45, 2.75) is 13.0 Å². The lowest BCUT2D eigenvalue weighted by Crippen LogP contribution is -2.23. The lowest BCUT2D eigenvalue weighted by atomic mass is 10.1. The molecule has 2 aromatic carbocycles. The molecule has 0 fully saturated rings. The first-order valence-corrected chi connectivity index (χ1v) is 9.50. The lowest BCUT2D eigenvalue weighted by molar-refractivity contribution is 0.0597. The summed E-state index contributed by atoms with van der Waals surface area (Å²) in [6.45, 7) is 0.262. The van der Waals surface area contributed by atoms with E-state index in [9.17, 15) is 9.59 Å². The number of nitrogens with zero attached hydrogens (tertiary/aromatic N) is 1. The summed E-state index contributed by atoms with van der Waals surface area (Å²) >= 11 is 1.46. The molecule has 28 heavy (non-hydrogen) atoms. The Bertz CT molecular complexity index is 970. The quantitative estimate of drug-likeness (QED) is 0.619. The van der Waals surface area contributed by atoms with Crippen molar-refractivity contribution < 1.29 is 19.1 Å². The van der Waals surface area contributed by atoms with E-state index in [0.29, 0.717) is 23.4 Å². The molecule has 7 heteroatoms. The molecule has 0 radical (unpaired) electrons. The van der Waals surface area contributed by atoms with Crippen molar-refractivity contribution in [2.24, 2.45) is 0 Å². The number of amides is 1. The third-order valence-electron chi connectivity index (χ3n) is 4.10. The summed E-state index contributed by atoms with van der Waals surface area (Å²) in [6.07, 6.45) is 0.694. The molecular weight excluding hydrogens is 376 g/mol. The van der Waals surface area contributed by atoms with Crippen LogP contribution in [0.4, 0.5) is 0 Å². The van der Waals surface area contributed by atoms with E-state index in [1.165, 1.54) is 25.6 Å². The zero-order valence-corrected chi connectivity index (χ0v) is 16.4. The van der Waals surface area contributed by atoms with E-state index < -0.39 is 5.97 Å². The number of rotatable bonds is 7. The van der Waals surface area contributed by atoms with Gasteiger partial charge in [-0.25, -0.2) is 9.78 Å². The van der Waals surface area contributed by atoms with Gasteiger partial charge in [0.25, 0.3) is 5.91 Å². The molecule has 0 aliphatic carbocycles. The molecule has 0 atom stereocenters. The van der Waals surface area contributed by atoms with Crippen LogP contribution in [0.2, 0.25) is 0 Å². The number of carbonyl (C=O) groups excluding carboxylic acids is 2. The van der Waals surface area contributed by atoms with Crippen LogP contribution in [0.15, 0.2) is 53.9 Å². The van der Waals surface area contributed by atoms with Gasteiger partial charge in [-0.15, -0.1) is 11.3 Å². The van der Waals surface area contributed by atoms with Crippen LogP contribution in [0, 0.1) is 0 Å². The third kappa shape index (κ3) is 4.75. The minimum atomic E-state index is -0.491. The van der Waals surface area contributed by atoms with Crippen molar-refractivity contribution in [3.63, 3.8) is 0 Å². The predicted octanol–water partition coefficient (Wildman–Crippen LogP) is 3.46. The van der Waals surface area contributed by atoms with Crippen molar-refractivity contribution in [1.82, 2.24) is 10.3 Å². The van der Waals surface area contributed by atoms with Gasteiger partial charge >= 0.3 is 5.97 Å². The maximum atomic E-state index is 12.4. The Morgan fingerprint density at radius 3 is 2.57 bits per heavy atom. The Hall–Kier alpha value is -3.19. The van der Waals surface area contributed by atoms with Crippen LogP contribution in [0.5, 0.6) is 5.75 Å². The van der Waals surface area contributed by atoms with Crippen LogP contribution < -0.4 is 10.1 Å². The second-order valence-corrected chi connectivity index (χ2v) is 6.94. The zero-order chi connectivity index (χ0) is 19.9. The summed E-state index contributed by atoms with van der Waals surface area (Å²) in [5, 5.41) is 5.46. The van der Waals surface area contributed by atoms with E-state index >= 15 is 0 Å². The highest BCUT2D eigenvalue weighted by molar-refractivity contribution is 7.09. The number of ether oxygens (including phenoxy) is 2. The molecule has 6 nitrogen and oxygen atoms in total. The first kappa shape index (κ1) is 19.6. The van der Waals surface area contributed by atoms with Crippen LogP contribution in [0.3, 0.4) is 0 Å². The molecule has 0 spiro atoms. The van der Waals surface area contributed by atoms with E-state index in [1.807, 2.05) is 30.3 Å². The highest BCUT2D eigenvalue weighted by atomic mass is 32.1. The van der Waals surface area contributed by atoms with Crippen LogP contribution in [0.1, 0.15) is 37.0 Å². The first-order chi connectivity index (χ1) is 13.6. The Morgan fingerprint density at radius 1 is 1.07 bits per heavy atom. The average molecular weight is 396 g/mol. The number of aromatic nitrogens is 1. The normalized spacial score (nSPS) is 10.4. The van der Waals surface area contributed by atoms with Crippen molar-refractivity contribution in [1.29, 1.82) is 0 Å². The maximum absolute atomic E-state index is 12.4. The Balaban J connectivity index is 1.63. The first-order valence-electron chi connectivity index (χ1n) is 8.62. The number of hydrogen-bond acceptors (Lipinski definition) is 6. The SMILES string of the molecule is COC(=O)c1cc(CNC(=O)c2csc(Cc3ccccc3)n2)ccc1OC. The molecular formula is C21H20N2O4S. The van der Waals surface area contributed by atoms with Crippen molar-refractivity contribution >= 4 is 23.2 Å². The molecule has 0 aliphatic rings. The molecule has 1 heterocycles. The van der Waals surface area contributed by atoms with Crippen LogP contribution in [-0.2, 0) is 17.7 Å². The molecule has 3 aromatic rings. The van der Waals surface area contributed by atoms with Gasteiger partial charge in [-0.3, -0.25) is 4.79 Å². The highest BCUT2D eigenvalue weighted by Gasteiger charge is 2.15. The van der Waals surface area contributed by atoms with Crippen molar-refractivity contribution in [2.75, 3.05) is 14.2 Å². The van der Waals surface area contributed by atoms with Crippen LogP contribution >= 0.6 is 11.3 Å². The number of thiazole rings is 1. The highest BCUT2D eigenvalue weighted by Crippen LogP contribution is 2.21.